The summed E-state index contributed by atoms with van der Waals surface area (Å²) >= 11 is 13.2. The molecule has 2 N–H and O–H groups in total. The van der Waals surface area contributed by atoms with Crippen LogP contribution in [-0.4, -0.2) is 32.3 Å². The van der Waals surface area contributed by atoms with Crippen molar-refractivity contribution in [3.05, 3.63) is 70.0 Å². The lowest BCUT2D eigenvalue weighted by Gasteiger charge is -2.09. The fraction of sp³-hybridized carbons (Fsp3) is 0.200. The monoisotopic (exact) mass is 463 g/mol. The number of anilines is 1. The topological polar surface area (TPSA) is 88.9 Å². The molecule has 2 aromatic carbocycles. The minimum atomic E-state index is -0.289. The Bertz CT molecular complexity index is 1040. The highest BCUT2D eigenvalue weighted by Crippen LogP contribution is 2.19. The molecule has 3 rings (SSSR count). The standard InChI is InChI=1S/C20H19Cl2N5O2S/c1-2-27-17(11-23-19(29)15-5-3-4-6-16(15)22)25-26-20(27)30-12-18(28)24-14-9-7-13(21)8-10-14/h3-10H,2,11-12H2,1H3,(H,23,29)(H,24,28). The van der Waals surface area contributed by atoms with Crippen LogP contribution in [0.5, 0.6) is 0 Å². The molecule has 0 fully saturated rings. The summed E-state index contributed by atoms with van der Waals surface area (Å²) in [6.45, 7) is 2.74. The molecule has 3 aromatic rings. The quantitative estimate of drug-likeness (QED) is 0.487. The zero-order valence-electron chi connectivity index (χ0n) is 16.1. The Hall–Kier alpha value is -2.55. The number of aromatic nitrogens is 3. The predicted octanol–water partition coefficient (Wildman–Crippen LogP) is 4.27. The fourth-order valence-electron chi connectivity index (χ4n) is 2.63. The average molecular weight is 464 g/mol. The number of nitrogens with zero attached hydrogens (tertiary/aromatic N) is 3. The van der Waals surface area contributed by atoms with Crippen LogP contribution < -0.4 is 10.6 Å². The molecular weight excluding hydrogens is 445 g/mol. The zero-order chi connectivity index (χ0) is 21.5. The molecule has 7 nitrogen and oxygen atoms in total. The van der Waals surface area contributed by atoms with Crippen LogP contribution in [0.1, 0.15) is 23.1 Å². The van der Waals surface area contributed by atoms with E-state index in [1.54, 1.807) is 48.5 Å². The van der Waals surface area contributed by atoms with Crippen LogP contribution in [0.4, 0.5) is 5.69 Å². The highest BCUT2D eigenvalue weighted by Gasteiger charge is 2.15. The van der Waals surface area contributed by atoms with Gasteiger partial charge in [-0.2, -0.15) is 0 Å². The third kappa shape index (κ3) is 5.75. The summed E-state index contributed by atoms with van der Waals surface area (Å²) in [5, 5.41) is 15.5. The molecule has 0 radical (unpaired) electrons. The molecule has 10 heteroatoms. The van der Waals surface area contributed by atoms with Crippen LogP contribution in [0.2, 0.25) is 10.0 Å². The van der Waals surface area contributed by atoms with E-state index < -0.39 is 0 Å². The van der Waals surface area contributed by atoms with E-state index in [1.807, 2.05) is 11.5 Å². The van der Waals surface area contributed by atoms with E-state index >= 15 is 0 Å². The summed E-state index contributed by atoms with van der Waals surface area (Å²) < 4.78 is 1.85. The van der Waals surface area contributed by atoms with E-state index in [9.17, 15) is 9.59 Å². The molecular formula is C20H19Cl2N5O2S. The van der Waals surface area contributed by atoms with Gasteiger partial charge in [0.1, 0.15) is 0 Å². The summed E-state index contributed by atoms with van der Waals surface area (Å²) in [6, 6.07) is 13.7. The lowest BCUT2D eigenvalue weighted by atomic mass is 10.2. The predicted molar refractivity (Wildman–Crippen MR) is 119 cm³/mol. The zero-order valence-corrected chi connectivity index (χ0v) is 18.4. The minimum Gasteiger partial charge on any atom is -0.345 e. The number of carbonyl (C=O) groups excluding carboxylic acids is 2. The molecule has 0 unspecified atom stereocenters. The Kier molecular flexibility index (Phi) is 7.73. The minimum absolute atomic E-state index is 0.165. The van der Waals surface area contributed by atoms with Crippen molar-refractivity contribution < 1.29 is 9.59 Å². The van der Waals surface area contributed by atoms with Gasteiger partial charge in [0, 0.05) is 17.3 Å². The number of thioether (sulfide) groups is 1. The summed E-state index contributed by atoms with van der Waals surface area (Å²) in [6.07, 6.45) is 0. The van der Waals surface area contributed by atoms with Gasteiger partial charge in [-0.25, -0.2) is 0 Å². The van der Waals surface area contributed by atoms with E-state index in [0.29, 0.717) is 38.8 Å². The van der Waals surface area contributed by atoms with Crippen molar-refractivity contribution in [3.63, 3.8) is 0 Å². The average Bonchev–Trinajstić information content (AvgIpc) is 3.14. The first-order chi connectivity index (χ1) is 14.5. The largest absolute Gasteiger partial charge is 0.345 e. The molecule has 2 amide bonds. The van der Waals surface area contributed by atoms with Gasteiger partial charge in [-0.15, -0.1) is 10.2 Å². The summed E-state index contributed by atoms with van der Waals surface area (Å²) in [4.78, 5) is 24.5. The molecule has 0 bridgehead atoms. The number of rotatable bonds is 8. The van der Waals surface area contributed by atoms with E-state index in [1.165, 1.54) is 11.8 Å². The molecule has 1 heterocycles. The van der Waals surface area contributed by atoms with Crippen molar-refractivity contribution in [1.29, 1.82) is 0 Å². The van der Waals surface area contributed by atoms with Crippen molar-refractivity contribution in [1.82, 2.24) is 20.1 Å². The molecule has 0 saturated heterocycles. The smallest absolute Gasteiger partial charge is 0.253 e. The lowest BCUT2D eigenvalue weighted by molar-refractivity contribution is -0.113. The first-order valence-corrected chi connectivity index (χ1v) is 10.8. The van der Waals surface area contributed by atoms with Gasteiger partial charge in [0.2, 0.25) is 5.91 Å². The van der Waals surface area contributed by atoms with Gasteiger partial charge in [-0.1, -0.05) is 47.1 Å². The third-order valence-corrected chi connectivity index (χ3v) is 5.64. The second-order valence-corrected chi connectivity index (χ2v) is 7.94. The summed E-state index contributed by atoms with van der Waals surface area (Å²) in [5.41, 5.74) is 1.07. The number of nitrogens with one attached hydrogen (secondary N) is 2. The van der Waals surface area contributed by atoms with Gasteiger partial charge in [0.05, 0.1) is 22.9 Å². The van der Waals surface area contributed by atoms with Crippen molar-refractivity contribution in [2.45, 2.75) is 25.2 Å². The number of hydrogen-bond donors (Lipinski definition) is 2. The molecule has 156 valence electrons. The molecule has 0 saturated carbocycles. The number of benzene rings is 2. The Morgan fingerprint density at radius 1 is 1.07 bits per heavy atom. The molecule has 30 heavy (non-hydrogen) atoms. The lowest BCUT2D eigenvalue weighted by Crippen LogP contribution is -2.25. The highest BCUT2D eigenvalue weighted by atomic mass is 35.5. The van der Waals surface area contributed by atoms with Crippen LogP contribution in [0.3, 0.4) is 0 Å². The van der Waals surface area contributed by atoms with Crippen LogP contribution in [-0.2, 0) is 17.9 Å². The van der Waals surface area contributed by atoms with Crippen molar-refractivity contribution in [2.75, 3.05) is 11.1 Å². The number of halogens is 2. The van der Waals surface area contributed by atoms with Crippen LogP contribution >= 0.6 is 35.0 Å². The van der Waals surface area contributed by atoms with Crippen molar-refractivity contribution >= 4 is 52.5 Å². The first kappa shape index (κ1) is 22.1. The Balaban J connectivity index is 1.57. The second kappa shape index (κ2) is 10.5. The van der Waals surface area contributed by atoms with E-state index in [2.05, 4.69) is 20.8 Å². The molecule has 0 atom stereocenters. The summed E-state index contributed by atoms with van der Waals surface area (Å²) in [5.74, 6) is 0.315. The highest BCUT2D eigenvalue weighted by molar-refractivity contribution is 7.99. The van der Waals surface area contributed by atoms with Crippen LogP contribution in [0, 0.1) is 0 Å². The summed E-state index contributed by atoms with van der Waals surface area (Å²) in [7, 11) is 0. The normalized spacial score (nSPS) is 10.6. The van der Waals surface area contributed by atoms with Gasteiger partial charge in [0.15, 0.2) is 11.0 Å². The molecule has 0 aliphatic heterocycles. The fourth-order valence-corrected chi connectivity index (χ4v) is 3.80. The van der Waals surface area contributed by atoms with E-state index in [-0.39, 0.29) is 24.1 Å². The van der Waals surface area contributed by atoms with Gasteiger partial charge >= 0.3 is 0 Å². The van der Waals surface area contributed by atoms with Gasteiger partial charge in [-0.3, -0.25) is 9.59 Å². The Morgan fingerprint density at radius 3 is 2.50 bits per heavy atom. The molecule has 0 aliphatic rings. The van der Waals surface area contributed by atoms with Crippen molar-refractivity contribution in [3.8, 4) is 0 Å². The Morgan fingerprint density at radius 2 is 1.80 bits per heavy atom. The van der Waals surface area contributed by atoms with Crippen molar-refractivity contribution in [2.24, 2.45) is 0 Å². The number of carbonyl (C=O) groups is 2. The number of amides is 2. The van der Waals surface area contributed by atoms with Gasteiger partial charge < -0.3 is 15.2 Å². The second-order valence-electron chi connectivity index (χ2n) is 6.15. The first-order valence-electron chi connectivity index (χ1n) is 9.11. The van der Waals surface area contributed by atoms with Crippen LogP contribution in [0.15, 0.2) is 53.7 Å². The maximum Gasteiger partial charge on any atom is 0.253 e. The van der Waals surface area contributed by atoms with Crippen LogP contribution in [0.25, 0.3) is 0 Å². The molecule has 0 aliphatic carbocycles. The molecule has 1 aromatic heterocycles. The Labute approximate surface area is 188 Å². The van der Waals surface area contributed by atoms with E-state index in [4.69, 9.17) is 23.2 Å². The maximum absolute atomic E-state index is 12.3. The van der Waals surface area contributed by atoms with E-state index in [0.717, 1.165) is 0 Å². The third-order valence-electron chi connectivity index (χ3n) is 4.10. The maximum atomic E-state index is 12.3. The number of hydrogen-bond acceptors (Lipinski definition) is 5. The van der Waals surface area contributed by atoms with Gasteiger partial charge in [0.25, 0.3) is 5.91 Å². The van der Waals surface area contributed by atoms with Gasteiger partial charge in [-0.05, 0) is 43.3 Å². The molecule has 0 spiro atoms. The SMILES string of the molecule is CCn1c(CNC(=O)c2ccccc2Cl)nnc1SCC(=O)Nc1ccc(Cl)cc1.